The van der Waals surface area contributed by atoms with Gasteiger partial charge in [0, 0.05) is 12.7 Å². The molecule has 1 fully saturated rings. The molecule has 0 radical (unpaired) electrons. The van der Waals surface area contributed by atoms with Gasteiger partial charge in [-0.3, -0.25) is 0 Å². The highest BCUT2D eigenvalue weighted by molar-refractivity contribution is 7.89. The molecule has 2 aromatic heterocycles. The van der Waals surface area contributed by atoms with Crippen LogP contribution in [0.3, 0.4) is 0 Å². The van der Waals surface area contributed by atoms with Gasteiger partial charge in [-0.2, -0.15) is 4.31 Å². The predicted molar refractivity (Wildman–Crippen MR) is 78.3 cm³/mol. The number of hydrogen-bond donors (Lipinski definition) is 1. The molecule has 2 N–H and O–H groups in total. The van der Waals surface area contributed by atoms with Crippen molar-refractivity contribution < 1.29 is 12.9 Å². The number of rotatable bonds is 3. The van der Waals surface area contributed by atoms with Crippen molar-refractivity contribution in [2.45, 2.75) is 37.6 Å². The number of nitrogen functional groups attached to an aromatic ring is 1. The molecular weight excluding hydrogens is 306 g/mol. The maximum atomic E-state index is 13.0. The third kappa shape index (κ3) is 2.35. The van der Waals surface area contributed by atoms with Crippen molar-refractivity contribution in [3.8, 4) is 0 Å². The zero-order valence-electron chi connectivity index (χ0n) is 12.4. The number of hydrogen-bond acceptors (Lipinski definition) is 7. The second kappa shape index (κ2) is 5.33. The summed E-state index contributed by atoms with van der Waals surface area (Å²) in [6, 6.07) is 1.35. The first-order chi connectivity index (χ1) is 10.4. The molecule has 118 valence electrons. The summed E-state index contributed by atoms with van der Waals surface area (Å²) in [4.78, 5) is 8.16. The second-order valence-electron chi connectivity index (χ2n) is 5.27. The van der Waals surface area contributed by atoms with Crippen LogP contribution in [0.4, 0.5) is 5.95 Å². The molecule has 2 aromatic rings. The molecule has 8 nitrogen and oxygen atoms in total. The van der Waals surface area contributed by atoms with E-state index in [9.17, 15) is 8.42 Å². The highest BCUT2D eigenvalue weighted by atomic mass is 32.2. The van der Waals surface area contributed by atoms with E-state index in [-0.39, 0.29) is 16.9 Å². The van der Waals surface area contributed by atoms with Crippen LogP contribution in [0.25, 0.3) is 0 Å². The van der Waals surface area contributed by atoms with E-state index in [1.54, 1.807) is 19.9 Å². The molecule has 22 heavy (non-hydrogen) atoms. The lowest BCUT2D eigenvalue weighted by Gasteiger charge is -2.23. The van der Waals surface area contributed by atoms with Crippen molar-refractivity contribution in [3.63, 3.8) is 0 Å². The molecule has 0 amide bonds. The minimum Gasteiger partial charge on any atom is -0.368 e. The van der Waals surface area contributed by atoms with Crippen LogP contribution in [0.1, 0.15) is 36.0 Å². The summed E-state index contributed by atoms with van der Waals surface area (Å²) < 4.78 is 32.4. The first kappa shape index (κ1) is 14.9. The number of sulfonamides is 1. The molecule has 3 heterocycles. The van der Waals surface area contributed by atoms with Crippen LogP contribution in [-0.2, 0) is 10.0 Å². The Kier molecular flexibility index (Phi) is 3.61. The fourth-order valence-electron chi connectivity index (χ4n) is 2.86. The van der Waals surface area contributed by atoms with E-state index in [4.69, 9.17) is 10.3 Å². The lowest BCUT2D eigenvalue weighted by molar-refractivity contribution is 0.381. The van der Waals surface area contributed by atoms with Crippen molar-refractivity contribution in [3.05, 3.63) is 29.4 Å². The van der Waals surface area contributed by atoms with Gasteiger partial charge in [0.25, 0.3) is 0 Å². The van der Waals surface area contributed by atoms with Gasteiger partial charge >= 0.3 is 0 Å². The zero-order chi connectivity index (χ0) is 15.9. The summed E-state index contributed by atoms with van der Waals surface area (Å²) in [6.07, 6.45) is 2.99. The monoisotopic (exact) mass is 323 g/mol. The summed E-state index contributed by atoms with van der Waals surface area (Å²) >= 11 is 0. The smallest absolute Gasteiger partial charge is 0.249 e. The number of aromatic nitrogens is 3. The van der Waals surface area contributed by atoms with E-state index in [0.29, 0.717) is 30.1 Å². The first-order valence-corrected chi connectivity index (χ1v) is 8.38. The molecule has 3 rings (SSSR count). The molecule has 1 aliphatic heterocycles. The molecule has 0 saturated carbocycles. The van der Waals surface area contributed by atoms with E-state index in [0.717, 1.165) is 6.42 Å². The fourth-order valence-corrected chi connectivity index (χ4v) is 4.82. The van der Waals surface area contributed by atoms with Gasteiger partial charge in [-0.15, -0.1) is 0 Å². The van der Waals surface area contributed by atoms with E-state index in [2.05, 4.69) is 15.1 Å². The van der Waals surface area contributed by atoms with E-state index >= 15 is 0 Å². The highest BCUT2D eigenvalue weighted by Crippen LogP contribution is 2.37. The Bertz CT molecular complexity index is 782. The quantitative estimate of drug-likeness (QED) is 0.902. The van der Waals surface area contributed by atoms with Crippen LogP contribution in [0.15, 0.2) is 21.7 Å². The molecule has 0 aromatic carbocycles. The molecule has 0 spiro atoms. The summed E-state index contributed by atoms with van der Waals surface area (Å²) in [5.74, 6) is 0.435. The molecule has 1 aliphatic rings. The maximum absolute atomic E-state index is 13.0. The van der Waals surface area contributed by atoms with Gasteiger partial charge in [0.2, 0.25) is 16.0 Å². The van der Waals surface area contributed by atoms with Crippen molar-refractivity contribution in [2.75, 3.05) is 12.3 Å². The van der Waals surface area contributed by atoms with E-state index < -0.39 is 10.0 Å². The molecule has 0 aliphatic carbocycles. The van der Waals surface area contributed by atoms with Crippen molar-refractivity contribution >= 4 is 16.0 Å². The van der Waals surface area contributed by atoms with Gasteiger partial charge in [0.1, 0.15) is 10.6 Å². The first-order valence-electron chi connectivity index (χ1n) is 6.94. The van der Waals surface area contributed by atoms with Crippen LogP contribution in [0.5, 0.6) is 0 Å². The fraction of sp³-hybridized carbons (Fsp3) is 0.462. The van der Waals surface area contributed by atoms with Gasteiger partial charge in [-0.25, -0.2) is 18.4 Å². The zero-order valence-corrected chi connectivity index (χ0v) is 13.2. The van der Waals surface area contributed by atoms with Gasteiger partial charge < -0.3 is 10.3 Å². The Labute approximate surface area is 128 Å². The topological polar surface area (TPSA) is 115 Å². The number of aryl methyl sites for hydroxylation is 2. The van der Waals surface area contributed by atoms with Crippen LogP contribution < -0.4 is 5.73 Å². The van der Waals surface area contributed by atoms with Crippen LogP contribution >= 0.6 is 0 Å². The summed E-state index contributed by atoms with van der Waals surface area (Å²) in [5.41, 5.74) is 6.59. The van der Waals surface area contributed by atoms with Crippen LogP contribution in [0, 0.1) is 13.8 Å². The lowest BCUT2D eigenvalue weighted by atomic mass is 10.1. The SMILES string of the molecule is Cc1noc(C)c1S(=O)(=O)N1CCCC1c1ccnc(N)n1. The molecule has 0 bridgehead atoms. The molecule has 1 saturated heterocycles. The molecule has 1 atom stereocenters. The average molecular weight is 323 g/mol. The Hall–Kier alpha value is -2.00. The Balaban J connectivity index is 2.03. The van der Waals surface area contributed by atoms with Gasteiger partial charge in [0.15, 0.2) is 5.76 Å². The molecular formula is C13H17N5O3S. The average Bonchev–Trinajstić information content (AvgIpc) is 3.06. The Morgan fingerprint density at radius 3 is 2.82 bits per heavy atom. The van der Waals surface area contributed by atoms with Crippen LogP contribution in [0.2, 0.25) is 0 Å². The van der Waals surface area contributed by atoms with Crippen molar-refractivity contribution in [1.82, 2.24) is 19.4 Å². The standard InChI is InChI=1S/C13H17N5O3S/c1-8-12(9(2)21-17-8)22(19,20)18-7-3-4-11(18)10-5-6-15-13(14)16-10/h5-6,11H,3-4,7H2,1-2H3,(H2,14,15,16). The van der Waals surface area contributed by atoms with Gasteiger partial charge in [-0.1, -0.05) is 5.16 Å². The largest absolute Gasteiger partial charge is 0.368 e. The Morgan fingerprint density at radius 2 is 2.18 bits per heavy atom. The number of nitrogens with zero attached hydrogens (tertiary/aromatic N) is 4. The summed E-state index contributed by atoms with van der Waals surface area (Å²) in [6.45, 7) is 3.65. The highest BCUT2D eigenvalue weighted by Gasteiger charge is 2.39. The van der Waals surface area contributed by atoms with E-state index in [1.807, 2.05) is 0 Å². The van der Waals surface area contributed by atoms with Crippen molar-refractivity contribution in [1.29, 1.82) is 0 Å². The Morgan fingerprint density at radius 1 is 1.41 bits per heavy atom. The minimum absolute atomic E-state index is 0.138. The maximum Gasteiger partial charge on any atom is 0.249 e. The normalized spacial score (nSPS) is 19.6. The second-order valence-corrected chi connectivity index (χ2v) is 7.09. The van der Waals surface area contributed by atoms with Crippen molar-refractivity contribution in [2.24, 2.45) is 0 Å². The molecule has 1 unspecified atom stereocenters. The van der Waals surface area contributed by atoms with Crippen LogP contribution in [-0.4, -0.2) is 34.4 Å². The van der Waals surface area contributed by atoms with Gasteiger partial charge in [-0.05, 0) is 32.8 Å². The summed E-state index contributed by atoms with van der Waals surface area (Å²) in [5, 5.41) is 3.74. The molecule has 9 heteroatoms. The third-order valence-electron chi connectivity index (χ3n) is 3.78. The minimum atomic E-state index is -3.69. The summed E-state index contributed by atoms with van der Waals surface area (Å²) in [7, 11) is -3.69. The predicted octanol–water partition coefficient (Wildman–Crippen LogP) is 1.19. The van der Waals surface area contributed by atoms with Gasteiger partial charge in [0.05, 0.1) is 11.7 Å². The number of nitrogens with two attached hydrogens (primary N) is 1. The lowest BCUT2D eigenvalue weighted by Crippen LogP contribution is -2.31. The number of anilines is 1. The van der Waals surface area contributed by atoms with E-state index in [1.165, 1.54) is 10.5 Å². The third-order valence-corrected chi connectivity index (χ3v) is 5.93.